The van der Waals surface area contributed by atoms with Gasteiger partial charge in [-0.3, -0.25) is 14.4 Å². The summed E-state index contributed by atoms with van der Waals surface area (Å²) < 4.78 is 25.6. The quantitative estimate of drug-likeness (QED) is 0.267. The lowest BCUT2D eigenvalue weighted by molar-refractivity contribution is -0.135. The highest BCUT2D eigenvalue weighted by molar-refractivity contribution is 9.11. The van der Waals surface area contributed by atoms with Gasteiger partial charge in [0, 0.05) is 12.0 Å². The maximum atomic E-state index is 12.9. The SMILES string of the molecule is CCCCCC(=O)c1cc(C)ccc1N(C(=O)C(N)=O)c1nc(CNS(C)(=O)=O)c(Br)s1. The maximum absolute atomic E-state index is 12.9. The molecule has 2 aromatic rings. The number of carbonyl (C=O) groups excluding carboxylic acids is 3. The highest BCUT2D eigenvalue weighted by Gasteiger charge is 2.30. The molecule has 0 radical (unpaired) electrons. The third-order valence-corrected chi connectivity index (χ3v) is 6.93. The summed E-state index contributed by atoms with van der Waals surface area (Å²) in [5.74, 6) is -2.42. The van der Waals surface area contributed by atoms with Crippen molar-refractivity contribution in [1.82, 2.24) is 9.71 Å². The zero-order chi connectivity index (χ0) is 24.1. The molecule has 0 bridgehead atoms. The Morgan fingerprint density at radius 1 is 1.25 bits per heavy atom. The lowest BCUT2D eigenvalue weighted by Crippen LogP contribution is -2.38. The summed E-state index contributed by atoms with van der Waals surface area (Å²) in [5, 5.41) is 0.0810. The van der Waals surface area contributed by atoms with Gasteiger partial charge < -0.3 is 5.73 Å². The van der Waals surface area contributed by atoms with Gasteiger partial charge >= 0.3 is 11.8 Å². The summed E-state index contributed by atoms with van der Waals surface area (Å²) in [7, 11) is -3.47. The number of anilines is 2. The Morgan fingerprint density at radius 3 is 2.53 bits per heavy atom. The highest BCUT2D eigenvalue weighted by atomic mass is 79.9. The van der Waals surface area contributed by atoms with E-state index < -0.39 is 21.8 Å². The van der Waals surface area contributed by atoms with Gasteiger partial charge in [0.05, 0.1) is 28.0 Å². The number of carbonyl (C=O) groups is 3. The second-order valence-corrected chi connectivity index (χ2v) is 11.3. The van der Waals surface area contributed by atoms with Crippen molar-refractivity contribution in [1.29, 1.82) is 0 Å². The molecule has 174 valence electrons. The molecule has 0 saturated carbocycles. The zero-order valence-corrected chi connectivity index (χ0v) is 21.2. The number of hydrogen-bond acceptors (Lipinski definition) is 7. The molecule has 0 aliphatic rings. The predicted octanol–water partition coefficient (Wildman–Crippen LogP) is 3.18. The van der Waals surface area contributed by atoms with Crippen molar-refractivity contribution >= 4 is 65.7 Å². The molecule has 0 aliphatic carbocycles. The number of thiazole rings is 1. The van der Waals surface area contributed by atoms with E-state index in [0.29, 0.717) is 22.3 Å². The van der Waals surface area contributed by atoms with Gasteiger partial charge in [0.1, 0.15) is 0 Å². The number of aryl methyl sites for hydroxylation is 1. The number of amides is 2. The molecule has 3 N–H and O–H groups in total. The highest BCUT2D eigenvalue weighted by Crippen LogP contribution is 2.37. The summed E-state index contributed by atoms with van der Waals surface area (Å²) in [5.41, 5.74) is 6.91. The molecule has 9 nitrogen and oxygen atoms in total. The van der Waals surface area contributed by atoms with Crippen LogP contribution < -0.4 is 15.4 Å². The minimum atomic E-state index is -3.47. The van der Waals surface area contributed by atoms with Crippen LogP contribution in [-0.2, 0) is 26.2 Å². The van der Waals surface area contributed by atoms with Crippen LogP contribution >= 0.6 is 27.3 Å². The Hall–Kier alpha value is -2.15. The van der Waals surface area contributed by atoms with E-state index in [2.05, 4.69) is 25.6 Å². The molecule has 2 amide bonds. The van der Waals surface area contributed by atoms with Crippen LogP contribution in [0, 0.1) is 6.92 Å². The van der Waals surface area contributed by atoms with Crippen LogP contribution in [0.2, 0.25) is 0 Å². The number of sulfonamides is 1. The van der Waals surface area contributed by atoms with E-state index in [1.54, 1.807) is 18.2 Å². The summed E-state index contributed by atoms with van der Waals surface area (Å²) in [6.45, 7) is 3.74. The number of unbranched alkanes of at least 4 members (excludes halogenated alkanes) is 2. The Kier molecular flexibility index (Phi) is 9.08. The second-order valence-electron chi connectivity index (χ2n) is 7.22. The van der Waals surface area contributed by atoms with Gasteiger partial charge in [0.2, 0.25) is 10.0 Å². The van der Waals surface area contributed by atoms with Crippen LogP contribution in [0.5, 0.6) is 0 Å². The average Bonchev–Trinajstić information content (AvgIpc) is 3.07. The molecule has 12 heteroatoms. The lowest BCUT2D eigenvalue weighted by atomic mass is 10.00. The van der Waals surface area contributed by atoms with Crippen LogP contribution in [0.4, 0.5) is 10.8 Å². The summed E-state index contributed by atoms with van der Waals surface area (Å²) in [4.78, 5) is 42.9. The number of nitrogens with one attached hydrogen (secondary N) is 1. The van der Waals surface area contributed by atoms with E-state index in [1.165, 1.54) is 0 Å². The van der Waals surface area contributed by atoms with Crippen molar-refractivity contribution in [2.75, 3.05) is 11.2 Å². The molecule has 32 heavy (non-hydrogen) atoms. The number of nitrogens with zero attached hydrogens (tertiary/aromatic N) is 2. The van der Waals surface area contributed by atoms with Gasteiger partial charge in [-0.25, -0.2) is 23.0 Å². The molecule has 0 saturated heterocycles. The van der Waals surface area contributed by atoms with Crippen molar-refractivity contribution in [3.63, 3.8) is 0 Å². The number of benzene rings is 1. The summed E-state index contributed by atoms with van der Waals surface area (Å²) in [6, 6.07) is 4.96. The minimum absolute atomic E-state index is 0.0810. The second kappa shape index (κ2) is 11.1. The molecule has 0 fully saturated rings. The van der Waals surface area contributed by atoms with E-state index in [4.69, 9.17) is 5.73 Å². The molecule has 0 unspecified atom stereocenters. The average molecular weight is 545 g/mol. The fraction of sp³-hybridized carbons (Fsp3) is 0.400. The maximum Gasteiger partial charge on any atom is 0.322 e. The first-order valence-electron chi connectivity index (χ1n) is 9.82. The standard InChI is InChI=1S/C20H25BrN4O5S2/c1-4-5-6-7-16(26)13-10-12(2)8-9-15(13)25(19(28)18(22)27)20-24-14(17(21)31-20)11-23-32(3,29)30/h8-10,23H,4-7,11H2,1-3H3,(H2,22,27). The number of nitrogens with two attached hydrogens (primary N) is 1. The molecule has 1 aromatic heterocycles. The Balaban J connectivity index is 2.55. The van der Waals surface area contributed by atoms with E-state index in [1.807, 2.05) is 13.8 Å². The number of aromatic nitrogens is 1. The topological polar surface area (TPSA) is 140 Å². The number of rotatable bonds is 10. The van der Waals surface area contributed by atoms with Gasteiger partial charge in [-0.05, 0) is 41.4 Å². The monoisotopic (exact) mass is 544 g/mol. The van der Waals surface area contributed by atoms with Crippen molar-refractivity contribution in [2.24, 2.45) is 5.73 Å². The first-order valence-corrected chi connectivity index (χ1v) is 13.3. The largest absolute Gasteiger partial charge is 0.361 e. The Bertz CT molecular complexity index is 1130. The Morgan fingerprint density at radius 2 is 1.94 bits per heavy atom. The molecule has 0 atom stereocenters. The van der Waals surface area contributed by atoms with Gasteiger partial charge in [0.25, 0.3) is 0 Å². The molecule has 0 spiro atoms. The number of halogens is 1. The lowest BCUT2D eigenvalue weighted by Gasteiger charge is -2.21. The third-order valence-electron chi connectivity index (χ3n) is 4.45. The van der Waals surface area contributed by atoms with Crippen molar-refractivity contribution in [3.8, 4) is 0 Å². The van der Waals surface area contributed by atoms with Crippen LogP contribution in [0.3, 0.4) is 0 Å². The number of ketones is 1. The molecule has 1 aromatic carbocycles. The first-order chi connectivity index (χ1) is 14.9. The first kappa shape index (κ1) is 26.1. The molecule has 0 aliphatic heterocycles. The van der Waals surface area contributed by atoms with Crippen LogP contribution in [-0.4, -0.2) is 37.3 Å². The summed E-state index contributed by atoms with van der Waals surface area (Å²) >= 11 is 4.33. The van der Waals surface area contributed by atoms with E-state index >= 15 is 0 Å². The normalized spacial score (nSPS) is 11.4. The van der Waals surface area contributed by atoms with E-state index in [0.717, 1.165) is 40.9 Å². The van der Waals surface area contributed by atoms with Crippen molar-refractivity contribution < 1.29 is 22.8 Å². The molecule has 1 heterocycles. The van der Waals surface area contributed by atoms with Gasteiger partial charge in [0.15, 0.2) is 10.9 Å². The molecular weight excluding hydrogens is 520 g/mol. The number of Topliss-reactive ketones (excluding diaryl/α,β-unsaturated/α-hetero) is 1. The predicted molar refractivity (Wildman–Crippen MR) is 127 cm³/mol. The van der Waals surface area contributed by atoms with Crippen LogP contribution in [0.1, 0.15) is 54.2 Å². The van der Waals surface area contributed by atoms with Gasteiger partial charge in [-0.1, -0.05) is 42.7 Å². The fourth-order valence-corrected chi connectivity index (χ4v) is 4.76. The van der Waals surface area contributed by atoms with E-state index in [-0.39, 0.29) is 28.7 Å². The summed E-state index contributed by atoms with van der Waals surface area (Å²) in [6.07, 6.45) is 3.87. The van der Waals surface area contributed by atoms with Gasteiger partial charge in [-0.2, -0.15) is 0 Å². The van der Waals surface area contributed by atoms with Gasteiger partial charge in [-0.15, -0.1) is 0 Å². The van der Waals surface area contributed by atoms with Crippen molar-refractivity contribution in [2.45, 2.75) is 46.1 Å². The van der Waals surface area contributed by atoms with E-state index in [9.17, 15) is 22.8 Å². The van der Waals surface area contributed by atoms with Crippen LogP contribution in [0.25, 0.3) is 0 Å². The molecule has 2 rings (SSSR count). The minimum Gasteiger partial charge on any atom is -0.361 e. The number of primary amides is 1. The third kappa shape index (κ3) is 6.92. The molecular formula is C20H25BrN4O5S2. The van der Waals surface area contributed by atoms with Crippen molar-refractivity contribution in [3.05, 3.63) is 38.8 Å². The smallest absolute Gasteiger partial charge is 0.322 e. The number of hydrogen-bond donors (Lipinski definition) is 2. The fourth-order valence-electron chi connectivity index (χ4n) is 2.87. The Labute approximate surface area is 199 Å². The zero-order valence-electron chi connectivity index (χ0n) is 18.0. The van der Waals surface area contributed by atoms with Crippen LogP contribution in [0.15, 0.2) is 22.0 Å².